The SMILES string of the molecule is CNC(C1=CCCCO1)c1cncc(C)c1. The highest BCUT2D eigenvalue weighted by atomic mass is 16.5. The van der Waals surface area contributed by atoms with Crippen LogP contribution in [0.25, 0.3) is 0 Å². The zero-order valence-corrected chi connectivity index (χ0v) is 9.86. The van der Waals surface area contributed by atoms with E-state index < -0.39 is 0 Å². The van der Waals surface area contributed by atoms with Gasteiger partial charge in [0.25, 0.3) is 0 Å². The maximum absolute atomic E-state index is 5.70. The molecular formula is C13H18N2O. The lowest BCUT2D eigenvalue weighted by atomic mass is 10.0. The number of allylic oxidation sites excluding steroid dienone is 1. The lowest BCUT2D eigenvalue weighted by Crippen LogP contribution is -2.22. The first kappa shape index (κ1) is 11.1. The van der Waals surface area contributed by atoms with E-state index in [0.717, 1.165) is 30.8 Å². The Morgan fingerprint density at radius 1 is 1.44 bits per heavy atom. The highest BCUT2D eigenvalue weighted by Crippen LogP contribution is 2.25. The fraction of sp³-hybridized carbons (Fsp3) is 0.462. The first-order valence-corrected chi connectivity index (χ1v) is 5.73. The normalized spacial score (nSPS) is 17.5. The molecule has 1 aromatic rings. The zero-order chi connectivity index (χ0) is 11.4. The number of hydrogen-bond donors (Lipinski definition) is 1. The van der Waals surface area contributed by atoms with Crippen LogP contribution in [0.15, 0.2) is 30.3 Å². The molecule has 1 unspecified atom stereocenters. The van der Waals surface area contributed by atoms with Gasteiger partial charge in [-0.3, -0.25) is 4.98 Å². The minimum atomic E-state index is 0.132. The predicted octanol–water partition coefficient (Wildman–Crippen LogP) is 2.34. The van der Waals surface area contributed by atoms with Crippen LogP contribution in [0.4, 0.5) is 0 Å². The molecule has 1 aliphatic rings. The van der Waals surface area contributed by atoms with E-state index in [-0.39, 0.29) is 6.04 Å². The summed E-state index contributed by atoms with van der Waals surface area (Å²) in [6.07, 6.45) is 8.16. The van der Waals surface area contributed by atoms with Gasteiger partial charge in [-0.05, 0) is 44.0 Å². The van der Waals surface area contributed by atoms with Crippen molar-refractivity contribution in [2.75, 3.05) is 13.7 Å². The van der Waals surface area contributed by atoms with E-state index in [1.807, 2.05) is 19.4 Å². The highest BCUT2D eigenvalue weighted by Gasteiger charge is 2.18. The molecule has 1 aliphatic heterocycles. The molecule has 2 heterocycles. The van der Waals surface area contributed by atoms with Gasteiger partial charge >= 0.3 is 0 Å². The molecule has 2 rings (SSSR count). The van der Waals surface area contributed by atoms with E-state index >= 15 is 0 Å². The molecule has 0 aromatic carbocycles. The Kier molecular flexibility index (Phi) is 3.57. The molecule has 16 heavy (non-hydrogen) atoms. The van der Waals surface area contributed by atoms with Crippen molar-refractivity contribution < 1.29 is 4.74 Å². The molecule has 1 N–H and O–H groups in total. The number of aryl methyl sites for hydroxylation is 1. The fourth-order valence-corrected chi connectivity index (χ4v) is 1.99. The van der Waals surface area contributed by atoms with E-state index in [0.29, 0.717) is 0 Å². The van der Waals surface area contributed by atoms with E-state index in [4.69, 9.17) is 4.74 Å². The summed E-state index contributed by atoms with van der Waals surface area (Å²) in [6.45, 7) is 2.88. The highest BCUT2D eigenvalue weighted by molar-refractivity contribution is 5.26. The van der Waals surface area contributed by atoms with Gasteiger partial charge in [0, 0.05) is 12.4 Å². The fourth-order valence-electron chi connectivity index (χ4n) is 1.99. The maximum atomic E-state index is 5.70. The van der Waals surface area contributed by atoms with E-state index in [1.165, 1.54) is 5.56 Å². The van der Waals surface area contributed by atoms with Gasteiger partial charge in [-0.25, -0.2) is 0 Å². The lowest BCUT2D eigenvalue weighted by Gasteiger charge is -2.23. The lowest BCUT2D eigenvalue weighted by molar-refractivity contribution is 0.169. The van der Waals surface area contributed by atoms with Crippen LogP contribution in [0, 0.1) is 6.92 Å². The summed E-state index contributed by atoms with van der Waals surface area (Å²) in [7, 11) is 1.95. The smallest absolute Gasteiger partial charge is 0.113 e. The van der Waals surface area contributed by atoms with Crippen molar-refractivity contribution in [1.29, 1.82) is 0 Å². The first-order valence-electron chi connectivity index (χ1n) is 5.73. The van der Waals surface area contributed by atoms with Crippen LogP contribution < -0.4 is 5.32 Å². The Morgan fingerprint density at radius 2 is 2.31 bits per heavy atom. The molecule has 0 spiro atoms. The maximum Gasteiger partial charge on any atom is 0.113 e. The van der Waals surface area contributed by atoms with Gasteiger partial charge in [0.05, 0.1) is 12.6 Å². The van der Waals surface area contributed by atoms with Crippen molar-refractivity contribution in [3.8, 4) is 0 Å². The van der Waals surface area contributed by atoms with Crippen LogP contribution in [-0.2, 0) is 4.74 Å². The third-order valence-electron chi connectivity index (χ3n) is 2.77. The van der Waals surface area contributed by atoms with E-state index in [9.17, 15) is 0 Å². The van der Waals surface area contributed by atoms with Crippen LogP contribution in [0.5, 0.6) is 0 Å². The van der Waals surface area contributed by atoms with Crippen LogP contribution in [0.2, 0.25) is 0 Å². The van der Waals surface area contributed by atoms with Gasteiger partial charge < -0.3 is 10.1 Å². The molecule has 0 saturated heterocycles. The number of pyridine rings is 1. The van der Waals surface area contributed by atoms with Crippen molar-refractivity contribution in [3.05, 3.63) is 41.4 Å². The second-order valence-corrected chi connectivity index (χ2v) is 4.11. The van der Waals surface area contributed by atoms with Gasteiger partial charge in [0.2, 0.25) is 0 Å². The minimum absolute atomic E-state index is 0.132. The molecule has 0 amide bonds. The minimum Gasteiger partial charge on any atom is -0.496 e. The number of nitrogens with zero attached hydrogens (tertiary/aromatic N) is 1. The molecule has 1 aromatic heterocycles. The molecular weight excluding hydrogens is 200 g/mol. The largest absolute Gasteiger partial charge is 0.496 e. The standard InChI is InChI=1S/C13H18N2O/c1-10-7-11(9-15-8-10)13(14-2)12-5-3-4-6-16-12/h5,7-9,13-14H,3-4,6H2,1-2H3. The number of rotatable bonds is 3. The Morgan fingerprint density at radius 3 is 2.94 bits per heavy atom. The monoisotopic (exact) mass is 218 g/mol. The molecule has 0 saturated carbocycles. The topological polar surface area (TPSA) is 34.1 Å². The van der Waals surface area contributed by atoms with Gasteiger partial charge in [0.15, 0.2) is 0 Å². The van der Waals surface area contributed by atoms with Crippen LogP contribution in [0.3, 0.4) is 0 Å². The van der Waals surface area contributed by atoms with Crippen LogP contribution in [0.1, 0.15) is 30.0 Å². The van der Waals surface area contributed by atoms with Crippen molar-refractivity contribution >= 4 is 0 Å². The molecule has 0 bridgehead atoms. The average Bonchev–Trinajstić information content (AvgIpc) is 2.31. The van der Waals surface area contributed by atoms with Gasteiger partial charge in [0.1, 0.15) is 5.76 Å². The van der Waals surface area contributed by atoms with Gasteiger partial charge in [-0.15, -0.1) is 0 Å². The molecule has 0 radical (unpaired) electrons. The first-order chi connectivity index (χ1) is 7.81. The number of hydrogen-bond acceptors (Lipinski definition) is 3. The van der Waals surface area contributed by atoms with Crippen molar-refractivity contribution in [2.24, 2.45) is 0 Å². The summed E-state index contributed by atoms with van der Waals surface area (Å²) in [6, 6.07) is 2.28. The van der Waals surface area contributed by atoms with Gasteiger partial charge in [-0.1, -0.05) is 6.07 Å². The molecule has 3 nitrogen and oxygen atoms in total. The molecule has 3 heteroatoms. The van der Waals surface area contributed by atoms with Crippen molar-refractivity contribution in [1.82, 2.24) is 10.3 Å². The number of aromatic nitrogens is 1. The summed E-state index contributed by atoms with van der Waals surface area (Å²) < 4.78 is 5.70. The summed E-state index contributed by atoms with van der Waals surface area (Å²) in [5.41, 5.74) is 2.34. The molecule has 0 aliphatic carbocycles. The van der Waals surface area contributed by atoms with Crippen LogP contribution >= 0.6 is 0 Å². The summed E-state index contributed by atoms with van der Waals surface area (Å²) in [5.74, 6) is 1.03. The summed E-state index contributed by atoms with van der Waals surface area (Å²) in [5, 5.41) is 3.28. The Bertz CT molecular complexity index is 387. The Labute approximate surface area is 96.5 Å². The number of ether oxygens (including phenoxy) is 1. The Balaban J connectivity index is 2.25. The third-order valence-corrected chi connectivity index (χ3v) is 2.77. The quantitative estimate of drug-likeness (QED) is 0.845. The van der Waals surface area contributed by atoms with Crippen molar-refractivity contribution in [3.63, 3.8) is 0 Å². The van der Waals surface area contributed by atoms with Crippen molar-refractivity contribution in [2.45, 2.75) is 25.8 Å². The summed E-state index contributed by atoms with van der Waals surface area (Å²) in [4.78, 5) is 4.23. The van der Waals surface area contributed by atoms with Gasteiger partial charge in [-0.2, -0.15) is 0 Å². The molecule has 1 atom stereocenters. The van der Waals surface area contributed by atoms with E-state index in [1.54, 1.807) is 0 Å². The number of likely N-dealkylation sites (N-methyl/N-ethyl adjacent to an activating group) is 1. The zero-order valence-electron chi connectivity index (χ0n) is 9.86. The van der Waals surface area contributed by atoms with Crippen LogP contribution in [-0.4, -0.2) is 18.6 Å². The summed E-state index contributed by atoms with van der Waals surface area (Å²) >= 11 is 0. The number of nitrogens with one attached hydrogen (secondary N) is 1. The second kappa shape index (κ2) is 5.12. The van der Waals surface area contributed by atoms with E-state index in [2.05, 4.69) is 29.4 Å². The average molecular weight is 218 g/mol. The molecule has 86 valence electrons. The third kappa shape index (κ3) is 2.42. The predicted molar refractivity (Wildman–Crippen MR) is 64.0 cm³/mol. The Hall–Kier alpha value is -1.35. The molecule has 0 fully saturated rings. The second-order valence-electron chi connectivity index (χ2n) is 4.11.